The number of aryl methyl sites for hydroxylation is 1. The largest absolute Gasteiger partial charge is 0.481 e. The Morgan fingerprint density at radius 3 is 2.83 bits per heavy atom. The van der Waals surface area contributed by atoms with Crippen molar-refractivity contribution in [2.45, 2.75) is 13.3 Å². The highest BCUT2D eigenvalue weighted by molar-refractivity contribution is 5.79. The molecule has 1 aromatic carbocycles. The van der Waals surface area contributed by atoms with E-state index in [4.69, 9.17) is 10.8 Å². The Labute approximate surface area is 105 Å². The van der Waals surface area contributed by atoms with Gasteiger partial charge in [-0.05, 0) is 37.1 Å². The number of carbonyl (C=O) groups is 1. The van der Waals surface area contributed by atoms with Crippen LogP contribution in [0.3, 0.4) is 0 Å². The number of pyridine rings is 1. The number of carboxylic acids is 1. The molecule has 0 saturated carbocycles. The van der Waals surface area contributed by atoms with E-state index in [0.29, 0.717) is 6.42 Å². The maximum absolute atomic E-state index is 11.0. The van der Waals surface area contributed by atoms with Gasteiger partial charge in [-0.2, -0.15) is 0 Å². The monoisotopic (exact) mass is 244 g/mol. The maximum atomic E-state index is 11.0. The van der Waals surface area contributed by atoms with E-state index in [1.165, 1.54) is 0 Å². The van der Waals surface area contributed by atoms with Gasteiger partial charge in [-0.25, -0.2) is 0 Å². The van der Waals surface area contributed by atoms with Crippen molar-refractivity contribution in [3.63, 3.8) is 0 Å². The Hall–Kier alpha value is -1.94. The maximum Gasteiger partial charge on any atom is 0.308 e. The van der Waals surface area contributed by atoms with Gasteiger partial charge in [0.1, 0.15) is 0 Å². The third kappa shape index (κ3) is 2.65. The number of hydrogen-bond donors (Lipinski definition) is 2. The van der Waals surface area contributed by atoms with Gasteiger partial charge in [-0.15, -0.1) is 0 Å². The summed E-state index contributed by atoms with van der Waals surface area (Å²) in [4.78, 5) is 15.4. The molecule has 2 aromatic rings. The van der Waals surface area contributed by atoms with Crippen LogP contribution in [-0.2, 0) is 11.2 Å². The number of aromatic nitrogens is 1. The number of hydrogen-bond acceptors (Lipinski definition) is 3. The van der Waals surface area contributed by atoms with E-state index < -0.39 is 11.9 Å². The highest BCUT2D eigenvalue weighted by Crippen LogP contribution is 2.17. The first kappa shape index (κ1) is 12.5. The molecule has 0 saturated heterocycles. The molecule has 1 aromatic heterocycles. The fourth-order valence-corrected chi connectivity index (χ4v) is 1.96. The first-order valence-corrected chi connectivity index (χ1v) is 5.89. The summed E-state index contributed by atoms with van der Waals surface area (Å²) in [6, 6.07) is 9.77. The van der Waals surface area contributed by atoms with E-state index in [-0.39, 0.29) is 6.54 Å². The van der Waals surface area contributed by atoms with Crippen molar-refractivity contribution in [3.8, 4) is 0 Å². The molecule has 2 rings (SSSR count). The summed E-state index contributed by atoms with van der Waals surface area (Å²) < 4.78 is 0. The second kappa shape index (κ2) is 5.14. The molecule has 4 nitrogen and oxygen atoms in total. The molecule has 1 heterocycles. The summed E-state index contributed by atoms with van der Waals surface area (Å²) in [7, 11) is 0. The molecular weight excluding hydrogens is 228 g/mol. The number of rotatable bonds is 4. The van der Waals surface area contributed by atoms with Gasteiger partial charge >= 0.3 is 5.97 Å². The number of fused-ring (bicyclic) bond motifs is 1. The van der Waals surface area contributed by atoms with E-state index in [1.54, 1.807) is 0 Å². The lowest BCUT2D eigenvalue weighted by Gasteiger charge is -2.10. The van der Waals surface area contributed by atoms with Gasteiger partial charge in [0, 0.05) is 17.6 Å². The zero-order valence-electron chi connectivity index (χ0n) is 10.3. The number of benzene rings is 1. The molecule has 0 radical (unpaired) electrons. The molecule has 0 aliphatic heterocycles. The van der Waals surface area contributed by atoms with Crippen molar-refractivity contribution in [2.24, 2.45) is 11.7 Å². The average molecular weight is 244 g/mol. The van der Waals surface area contributed by atoms with Crippen LogP contribution in [0.4, 0.5) is 0 Å². The Morgan fingerprint density at radius 2 is 2.17 bits per heavy atom. The smallest absolute Gasteiger partial charge is 0.308 e. The van der Waals surface area contributed by atoms with Crippen LogP contribution in [-0.4, -0.2) is 22.6 Å². The first-order chi connectivity index (χ1) is 8.60. The van der Waals surface area contributed by atoms with E-state index in [1.807, 2.05) is 37.3 Å². The fourth-order valence-electron chi connectivity index (χ4n) is 1.96. The standard InChI is InChI=1S/C14H16N2O2/c1-9-2-4-11-6-10(3-5-13(11)16-9)7-12(8-15)14(17)18/h2-6,12H,7-8,15H2,1H3,(H,17,18). The predicted molar refractivity (Wildman–Crippen MR) is 70.4 cm³/mol. The topological polar surface area (TPSA) is 76.2 Å². The summed E-state index contributed by atoms with van der Waals surface area (Å²) in [6.45, 7) is 2.10. The molecule has 1 atom stereocenters. The van der Waals surface area contributed by atoms with E-state index >= 15 is 0 Å². The van der Waals surface area contributed by atoms with Crippen LogP contribution in [0, 0.1) is 12.8 Å². The molecule has 0 spiro atoms. The molecule has 4 heteroatoms. The number of aliphatic carboxylic acids is 1. The molecular formula is C14H16N2O2. The highest BCUT2D eigenvalue weighted by Gasteiger charge is 2.15. The molecule has 1 unspecified atom stereocenters. The minimum absolute atomic E-state index is 0.152. The van der Waals surface area contributed by atoms with Gasteiger partial charge < -0.3 is 10.8 Å². The van der Waals surface area contributed by atoms with Crippen LogP contribution < -0.4 is 5.73 Å². The summed E-state index contributed by atoms with van der Waals surface area (Å²) in [5.74, 6) is -1.37. The quantitative estimate of drug-likeness (QED) is 0.859. The van der Waals surface area contributed by atoms with Crippen molar-refractivity contribution in [1.29, 1.82) is 0 Å². The first-order valence-electron chi connectivity index (χ1n) is 5.89. The van der Waals surface area contributed by atoms with Crippen LogP contribution in [0.25, 0.3) is 10.9 Å². The average Bonchev–Trinajstić information content (AvgIpc) is 2.35. The number of carboxylic acid groups (broad SMARTS) is 1. The lowest BCUT2D eigenvalue weighted by atomic mass is 9.98. The van der Waals surface area contributed by atoms with Crippen molar-refractivity contribution in [3.05, 3.63) is 41.6 Å². The molecule has 0 fully saturated rings. The minimum Gasteiger partial charge on any atom is -0.481 e. The van der Waals surface area contributed by atoms with Gasteiger partial charge in [0.25, 0.3) is 0 Å². The molecule has 0 aliphatic rings. The van der Waals surface area contributed by atoms with Gasteiger partial charge in [-0.1, -0.05) is 12.1 Å². The Morgan fingerprint density at radius 1 is 1.39 bits per heavy atom. The van der Waals surface area contributed by atoms with Gasteiger partial charge in [0.15, 0.2) is 0 Å². The zero-order chi connectivity index (χ0) is 13.1. The summed E-state index contributed by atoms with van der Waals surface area (Å²) >= 11 is 0. The van der Waals surface area contributed by atoms with Crippen LogP contribution in [0.1, 0.15) is 11.3 Å². The number of nitrogens with zero attached hydrogens (tertiary/aromatic N) is 1. The summed E-state index contributed by atoms with van der Waals surface area (Å²) in [6.07, 6.45) is 0.454. The van der Waals surface area contributed by atoms with E-state index in [0.717, 1.165) is 22.2 Å². The van der Waals surface area contributed by atoms with Gasteiger partial charge in [-0.3, -0.25) is 9.78 Å². The second-order valence-corrected chi connectivity index (χ2v) is 4.45. The van der Waals surface area contributed by atoms with Crippen molar-refractivity contribution in [2.75, 3.05) is 6.54 Å². The van der Waals surface area contributed by atoms with Crippen molar-refractivity contribution in [1.82, 2.24) is 4.98 Å². The van der Waals surface area contributed by atoms with Crippen LogP contribution in [0.2, 0.25) is 0 Å². The van der Waals surface area contributed by atoms with E-state index in [9.17, 15) is 4.79 Å². The van der Waals surface area contributed by atoms with Gasteiger partial charge in [0.05, 0.1) is 11.4 Å². The second-order valence-electron chi connectivity index (χ2n) is 4.45. The molecule has 0 amide bonds. The molecule has 94 valence electrons. The Kier molecular flexibility index (Phi) is 3.58. The SMILES string of the molecule is Cc1ccc2cc(CC(CN)C(=O)O)ccc2n1. The van der Waals surface area contributed by atoms with Crippen LogP contribution >= 0.6 is 0 Å². The third-order valence-corrected chi connectivity index (χ3v) is 3.01. The van der Waals surface area contributed by atoms with Gasteiger partial charge in [0.2, 0.25) is 0 Å². The highest BCUT2D eigenvalue weighted by atomic mass is 16.4. The zero-order valence-corrected chi connectivity index (χ0v) is 10.3. The summed E-state index contributed by atoms with van der Waals surface area (Å²) in [5.41, 5.74) is 8.34. The molecule has 18 heavy (non-hydrogen) atoms. The third-order valence-electron chi connectivity index (χ3n) is 3.01. The normalized spacial score (nSPS) is 12.6. The molecule has 0 bridgehead atoms. The lowest BCUT2D eigenvalue weighted by Crippen LogP contribution is -2.25. The lowest BCUT2D eigenvalue weighted by molar-refractivity contribution is -0.141. The summed E-state index contributed by atoms with van der Waals surface area (Å²) in [5, 5.41) is 10.0. The number of nitrogens with two attached hydrogens (primary N) is 1. The molecule has 0 aliphatic carbocycles. The Balaban J connectivity index is 2.30. The fraction of sp³-hybridized carbons (Fsp3) is 0.286. The van der Waals surface area contributed by atoms with Crippen molar-refractivity contribution >= 4 is 16.9 Å². The Bertz CT molecular complexity index is 581. The van der Waals surface area contributed by atoms with E-state index in [2.05, 4.69) is 4.98 Å². The van der Waals surface area contributed by atoms with Crippen LogP contribution in [0.5, 0.6) is 0 Å². The predicted octanol–water partition coefficient (Wildman–Crippen LogP) is 1.75. The minimum atomic E-state index is -0.848. The molecule has 3 N–H and O–H groups in total. The van der Waals surface area contributed by atoms with Crippen molar-refractivity contribution < 1.29 is 9.90 Å². The van der Waals surface area contributed by atoms with Crippen LogP contribution in [0.15, 0.2) is 30.3 Å².